The van der Waals surface area contributed by atoms with Gasteiger partial charge in [0.1, 0.15) is 17.8 Å². The molecule has 0 atom stereocenters. The Morgan fingerprint density at radius 1 is 1.17 bits per heavy atom. The molecule has 0 aliphatic carbocycles. The zero-order chi connectivity index (χ0) is 11.7. The molecule has 4 nitrogen and oxygen atoms in total. The van der Waals surface area contributed by atoms with Gasteiger partial charge in [0.05, 0.1) is 5.39 Å². The minimum Gasteiger partial charge on any atom is -0.346 e. The molecule has 0 spiro atoms. The number of hydrogen-bond donors (Lipinski definition) is 2. The fraction of sp³-hybridized carbons (Fsp3) is 0.0769. The topological polar surface area (TPSA) is 53.6 Å². The first kappa shape index (κ1) is 12.4. The van der Waals surface area contributed by atoms with Crippen molar-refractivity contribution in [1.82, 2.24) is 15.0 Å². The Hall–Kier alpha value is -2.07. The van der Waals surface area contributed by atoms with E-state index in [-0.39, 0.29) is 12.4 Å². The fourth-order valence-electron chi connectivity index (χ4n) is 1.83. The van der Waals surface area contributed by atoms with Crippen molar-refractivity contribution in [2.24, 2.45) is 0 Å². The smallest absolute Gasteiger partial charge is 0.143 e. The van der Waals surface area contributed by atoms with Gasteiger partial charge in [0.2, 0.25) is 0 Å². The van der Waals surface area contributed by atoms with Crippen LogP contribution in [0.1, 0.15) is 5.56 Å². The van der Waals surface area contributed by atoms with Gasteiger partial charge < -0.3 is 10.3 Å². The van der Waals surface area contributed by atoms with Crippen LogP contribution in [0.4, 0.5) is 11.5 Å². The van der Waals surface area contributed by atoms with Crippen molar-refractivity contribution in [3.8, 4) is 0 Å². The number of halogens is 1. The number of anilines is 2. The van der Waals surface area contributed by atoms with E-state index in [4.69, 9.17) is 0 Å². The minimum atomic E-state index is 0. The van der Waals surface area contributed by atoms with Gasteiger partial charge in [0.25, 0.3) is 0 Å². The predicted octanol–water partition coefficient (Wildman–Crippen LogP) is 3.43. The van der Waals surface area contributed by atoms with Gasteiger partial charge in [0.15, 0.2) is 0 Å². The molecule has 3 rings (SSSR count). The minimum absolute atomic E-state index is 0. The molecule has 0 radical (unpaired) electrons. The Bertz CT molecular complexity index is 663. The summed E-state index contributed by atoms with van der Waals surface area (Å²) in [6.07, 6.45) is 3.41. The molecule has 2 N–H and O–H groups in total. The summed E-state index contributed by atoms with van der Waals surface area (Å²) in [5.74, 6) is 0.821. The molecule has 2 aromatic heterocycles. The lowest BCUT2D eigenvalue weighted by atomic mass is 10.2. The summed E-state index contributed by atoms with van der Waals surface area (Å²) in [6, 6.07) is 10.2. The Kier molecular flexibility index (Phi) is 3.48. The van der Waals surface area contributed by atoms with Crippen molar-refractivity contribution in [1.29, 1.82) is 0 Å². The second kappa shape index (κ2) is 5.06. The number of fused-ring (bicyclic) bond motifs is 1. The number of rotatable bonds is 2. The molecule has 0 unspecified atom stereocenters. The largest absolute Gasteiger partial charge is 0.346 e. The SMILES string of the molecule is Cc1cccc(Nc2ncnc3[nH]ccc23)c1.Cl. The molecule has 0 fully saturated rings. The maximum Gasteiger partial charge on any atom is 0.143 e. The molecule has 18 heavy (non-hydrogen) atoms. The van der Waals surface area contributed by atoms with E-state index in [1.165, 1.54) is 5.56 Å². The van der Waals surface area contributed by atoms with Crippen LogP contribution in [0.2, 0.25) is 0 Å². The summed E-state index contributed by atoms with van der Waals surface area (Å²) in [7, 11) is 0. The number of H-pyrrole nitrogens is 1. The summed E-state index contributed by atoms with van der Waals surface area (Å²) in [5.41, 5.74) is 3.09. The molecule has 0 amide bonds. The Morgan fingerprint density at radius 3 is 2.89 bits per heavy atom. The second-order valence-electron chi connectivity index (χ2n) is 3.96. The number of aryl methyl sites for hydroxylation is 1. The highest BCUT2D eigenvalue weighted by atomic mass is 35.5. The molecule has 5 heteroatoms. The van der Waals surface area contributed by atoms with Gasteiger partial charge in [-0.1, -0.05) is 12.1 Å². The highest BCUT2D eigenvalue weighted by molar-refractivity contribution is 5.88. The Morgan fingerprint density at radius 2 is 2.06 bits per heavy atom. The third-order valence-electron chi connectivity index (χ3n) is 2.63. The lowest BCUT2D eigenvalue weighted by Crippen LogP contribution is -1.95. The van der Waals surface area contributed by atoms with E-state index in [2.05, 4.69) is 39.3 Å². The van der Waals surface area contributed by atoms with Crippen LogP contribution < -0.4 is 5.32 Å². The van der Waals surface area contributed by atoms with E-state index in [1.807, 2.05) is 24.4 Å². The van der Waals surface area contributed by atoms with E-state index >= 15 is 0 Å². The van der Waals surface area contributed by atoms with E-state index in [9.17, 15) is 0 Å². The Balaban J connectivity index is 0.00000120. The van der Waals surface area contributed by atoms with Gasteiger partial charge in [-0.2, -0.15) is 0 Å². The zero-order valence-electron chi connectivity index (χ0n) is 9.84. The van der Waals surface area contributed by atoms with Gasteiger partial charge in [-0.15, -0.1) is 12.4 Å². The van der Waals surface area contributed by atoms with Crippen molar-refractivity contribution in [2.75, 3.05) is 5.32 Å². The fourth-order valence-corrected chi connectivity index (χ4v) is 1.83. The van der Waals surface area contributed by atoms with E-state index in [0.717, 1.165) is 22.5 Å². The molecule has 92 valence electrons. The predicted molar refractivity (Wildman–Crippen MR) is 75.6 cm³/mol. The van der Waals surface area contributed by atoms with E-state index in [0.29, 0.717) is 0 Å². The van der Waals surface area contributed by atoms with Crippen LogP contribution in [0.15, 0.2) is 42.9 Å². The summed E-state index contributed by atoms with van der Waals surface area (Å²) in [5, 5.41) is 4.30. The molecule has 0 aliphatic rings. The lowest BCUT2D eigenvalue weighted by molar-refractivity contribution is 1.20. The van der Waals surface area contributed by atoms with Crippen molar-refractivity contribution in [2.45, 2.75) is 6.92 Å². The molecule has 0 saturated heterocycles. The van der Waals surface area contributed by atoms with Crippen LogP contribution in [0.25, 0.3) is 11.0 Å². The number of nitrogens with one attached hydrogen (secondary N) is 2. The van der Waals surface area contributed by atoms with Crippen LogP contribution in [0, 0.1) is 6.92 Å². The van der Waals surface area contributed by atoms with Crippen LogP contribution in [-0.2, 0) is 0 Å². The molecule has 0 saturated carbocycles. The van der Waals surface area contributed by atoms with E-state index in [1.54, 1.807) is 6.33 Å². The molecular weight excluding hydrogens is 248 g/mol. The van der Waals surface area contributed by atoms with Crippen molar-refractivity contribution in [3.63, 3.8) is 0 Å². The maximum atomic E-state index is 4.26. The summed E-state index contributed by atoms with van der Waals surface area (Å²) < 4.78 is 0. The summed E-state index contributed by atoms with van der Waals surface area (Å²) in [6.45, 7) is 2.07. The Labute approximate surface area is 111 Å². The molecule has 2 heterocycles. The second-order valence-corrected chi connectivity index (χ2v) is 3.96. The number of nitrogens with zero attached hydrogens (tertiary/aromatic N) is 2. The van der Waals surface area contributed by atoms with Crippen LogP contribution >= 0.6 is 12.4 Å². The van der Waals surface area contributed by atoms with Crippen LogP contribution in [0.5, 0.6) is 0 Å². The summed E-state index contributed by atoms with van der Waals surface area (Å²) >= 11 is 0. The molecule has 0 bridgehead atoms. The maximum absolute atomic E-state index is 4.26. The molecule has 3 aromatic rings. The van der Waals surface area contributed by atoms with Crippen LogP contribution in [0.3, 0.4) is 0 Å². The molecule has 0 aliphatic heterocycles. The first-order chi connectivity index (χ1) is 8.33. The third kappa shape index (κ3) is 2.28. The zero-order valence-corrected chi connectivity index (χ0v) is 10.7. The van der Waals surface area contributed by atoms with Gasteiger partial charge in [-0.05, 0) is 30.7 Å². The first-order valence-corrected chi connectivity index (χ1v) is 5.45. The van der Waals surface area contributed by atoms with Crippen LogP contribution in [-0.4, -0.2) is 15.0 Å². The highest BCUT2D eigenvalue weighted by Gasteiger charge is 2.04. The van der Waals surface area contributed by atoms with Gasteiger partial charge in [-0.25, -0.2) is 9.97 Å². The average Bonchev–Trinajstić information content (AvgIpc) is 2.78. The third-order valence-corrected chi connectivity index (χ3v) is 2.63. The summed E-state index contributed by atoms with van der Waals surface area (Å²) in [4.78, 5) is 11.5. The van der Waals surface area contributed by atoms with Gasteiger partial charge in [-0.3, -0.25) is 0 Å². The van der Waals surface area contributed by atoms with Crippen molar-refractivity contribution < 1.29 is 0 Å². The standard InChI is InChI=1S/C13H12N4.ClH/c1-9-3-2-4-10(7-9)17-13-11-5-6-14-12(11)15-8-16-13;/h2-8H,1H3,(H2,14,15,16,17);1H. The monoisotopic (exact) mass is 260 g/mol. The molecular formula is C13H13ClN4. The van der Waals surface area contributed by atoms with E-state index < -0.39 is 0 Å². The quantitative estimate of drug-likeness (QED) is 0.742. The lowest BCUT2D eigenvalue weighted by Gasteiger charge is -2.06. The number of aromatic nitrogens is 3. The number of benzene rings is 1. The number of hydrogen-bond acceptors (Lipinski definition) is 3. The molecule has 1 aromatic carbocycles. The number of aromatic amines is 1. The average molecular weight is 261 g/mol. The first-order valence-electron chi connectivity index (χ1n) is 5.45. The van der Waals surface area contributed by atoms with Gasteiger partial charge >= 0.3 is 0 Å². The highest BCUT2D eigenvalue weighted by Crippen LogP contribution is 2.22. The van der Waals surface area contributed by atoms with Crippen molar-refractivity contribution in [3.05, 3.63) is 48.4 Å². The van der Waals surface area contributed by atoms with Gasteiger partial charge in [0, 0.05) is 11.9 Å². The van der Waals surface area contributed by atoms with Crippen molar-refractivity contribution >= 4 is 34.9 Å². The normalized spacial score (nSPS) is 10.1.